The summed E-state index contributed by atoms with van der Waals surface area (Å²) in [5, 5.41) is 11.5. The number of carbonyl (C=O) groups excluding carboxylic acids is 2. The van der Waals surface area contributed by atoms with Gasteiger partial charge in [0.2, 0.25) is 11.8 Å². The summed E-state index contributed by atoms with van der Waals surface area (Å²) >= 11 is 1.44. The molecular weight excluding hydrogens is 374 g/mol. The lowest BCUT2D eigenvalue weighted by Gasteiger charge is -2.13. The van der Waals surface area contributed by atoms with Gasteiger partial charge in [0, 0.05) is 18.4 Å². The number of para-hydroxylation sites is 1. The number of fused-ring (bicyclic) bond motifs is 2. The fourth-order valence-corrected chi connectivity index (χ4v) is 4.50. The van der Waals surface area contributed by atoms with E-state index in [0.717, 1.165) is 26.7 Å². The van der Waals surface area contributed by atoms with Crippen molar-refractivity contribution < 1.29 is 9.59 Å². The van der Waals surface area contributed by atoms with E-state index in [-0.39, 0.29) is 18.2 Å². The molecule has 0 bridgehead atoms. The fraction of sp³-hybridized carbons (Fsp3) is 0.200. The highest BCUT2D eigenvalue weighted by atomic mass is 32.1. The third kappa shape index (κ3) is 2.82. The van der Waals surface area contributed by atoms with Crippen molar-refractivity contribution in [3.63, 3.8) is 0 Å². The first-order chi connectivity index (χ1) is 13.6. The molecule has 1 aliphatic rings. The molecule has 0 spiro atoms. The molecule has 2 amide bonds. The summed E-state index contributed by atoms with van der Waals surface area (Å²) in [6, 6.07) is 13.6. The number of carbonyl (C=O) groups is 2. The molecule has 7 nitrogen and oxygen atoms in total. The van der Waals surface area contributed by atoms with E-state index in [1.165, 1.54) is 11.3 Å². The van der Waals surface area contributed by atoms with E-state index in [2.05, 4.69) is 20.5 Å². The van der Waals surface area contributed by atoms with Gasteiger partial charge in [-0.15, -0.1) is 0 Å². The van der Waals surface area contributed by atoms with Crippen LogP contribution in [-0.4, -0.2) is 33.5 Å². The van der Waals surface area contributed by atoms with Crippen LogP contribution in [0.15, 0.2) is 42.5 Å². The molecule has 2 N–H and O–H groups in total. The minimum atomic E-state index is -0.434. The molecule has 1 fully saturated rings. The van der Waals surface area contributed by atoms with Crippen molar-refractivity contribution in [2.75, 3.05) is 16.8 Å². The van der Waals surface area contributed by atoms with Crippen molar-refractivity contribution in [3.8, 4) is 0 Å². The van der Waals surface area contributed by atoms with Crippen LogP contribution in [0.4, 0.5) is 10.9 Å². The smallest absolute Gasteiger partial charge is 0.231 e. The minimum absolute atomic E-state index is 0.0997. The van der Waals surface area contributed by atoms with Gasteiger partial charge in [0.25, 0.3) is 0 Å². The largest absolute Gasteiger partial charge is 0.302 e. The van der Waals surface area contributed by atoms with Gasteiger partial charge in [-0.05, 0) is 36.8 Å². The summed E-state index contributed by atoms with van der Waals surface area (Å²) in [6.45, 7) is 2.33. The molecular formula is C20H17N5O2S. The van der Waals surface area contributed by atoms with Gasteiger partial charge in [0.1, 0.15) is 0 Å². The molecule has 28 heavy (non-hydrogen) atoms. The second kappa shape index (κ2) is 6.42. The minimum Gasteiger partial charge on any atom is -0.302 e. The molecule has 8 heteroatoms. The van der Waals surface area contributed by atoms with Gasteiger partial charge in [0.05, 0.1) is 21.7 Å². The van der Waals surface area contributed by atoms with Gasteiger partial charge in [-0.25, -0.2) is 4.98 Å². The van der Waals surface area contributed by atoms with E-state index in [1.807, 2.05) is 49.4 Å². The quantitative estimate of drug-likeness (QED) is 0.559. The van der Waals surface area contributed by atoms with Crippen LogP contribution in [0.5, 0.6) is 0 Å². The Morgan fingerprint density at radius 1 is 1.29 bits per heavy atom. The standard InChI is InChI=1S/C20H17N5O2S/c1-11-6-7-15-16(8-11)28-20(21-15)22-19(27)12-9-17(26)25(10-12)18-13-4-2-3-5-14(13)23-24-18/h2-8,12H,9-10H2,1H3,(H,23,24)(H,21,22,27)/t12-/m0/s1. The van der Waals surface area contributed by atoms with Crippen LogP contribution in [0.3, 0.4) is 0 Å². The molecule has 5 rings (SSSR count). The van der Waals surface area contributed by atoms with E-state index in [1.54, 1.807) is 4.90 Å². The van der Waals surface area contributed by atoms with Crippen LogP contribution < -0.4 is 10.2 Å². The summed E-state index contributed by atoms with van der Waals surface area (Å²) in [5.74, 6) is -0.146. The summed E-state index contributed by atoms with van der Waals surface area (Å²) < 4.78 is 1.03. The Balaban J connectivity index is 1.35. The zero-order valence-corrected chi connectivity index (χ0v) is 15.9. The number of benzene rings is 2. The van der Waals surface area contributed by atoms with E-state index in [0.29, 0.717) is 17.5 Å². The predicted molar refractivity (Wildman–Crippen MR) is 110 cm³/mol. The topological polar surface area (TPSA) is 91.0 Å². The number of anilines is 2. The first-order valence-electron chi connectivity index (χ1n) is 9.00. The number of nitrogens with zero attached hydrogens (tertiary/aromatic N) is 3. The number of hydrogen-bond acceptors (Lipinski definition) is 5. The Labute approximate surface area is 164 Å². The lowest BCUT2D eigenvalue weighted by molar-refractivity contribution is -0.122. The summed E-state index contributed by atoms with van der Waals surface area (Å²) in [6.07, 6.45) is 0.164. The summed E-state index contributed by atoms with van der Waals surface area (Å²) in [4.78, 5) is 31.3. The molecule has 1 atom stereocenters. The zero-order chi connectivity index (χ0) is 19.3. The van der Waals surface area contributed by atoms with Crippen molar-refractivity contribution in [2.45, 2.75) is 13.3 Å². The molecule has 1 aliphatic heterocycles. The number of nitrogens with one attached hydrogen (secondary N) is 2. The highest BCUT2D eigenvalue weighted by molar-refractivity contribution is 7.22. The molecule has 0 radical (unpaired) electrons. The van der Waals surface area contributed by atoms with Crippen molar-refractivity contribution in [2.24, 2.45) is 5.92 Å². The fourth-order valence-electron chi connectivity index (χ4n) is 3.54. The Morgan fingerprint density at radius 3 is 3.04 bits per heavy atom. The third-order valence-corrected chi connectivity index (χ3v) is 5.91. The summed E-state index contributed by atoms with van der Waals surface area (Å²) in [5.41, 5.74) is 2.87. The highest BCUT2D eigenvalue weighted by Gasteiger charge is 2.37. The van der Waals surface area contributed by atoms with Crippen LogP contribution in [0.2, 0.25) is 0 Å². The lowest BCUT2D eigenvalue weighted by Crippen LogP contribution is -2.28. The number of rotatable bonds is 3. The van der Waals surface area contributed by atoms with E-state index in [4.69, 9.17) is 0 Å². The van der Waals surface area contributed by atoms with Crippen molar-refractivity contribution in [1.29, 1.82) is 0 Å². The van der Waals surface area contributed by atoms with Crippen LogP contribution >= 0.6 is 11.3 Å². The molecule has 2 aromatic heterocycles. The average Bonchev–Trinajstić information content (AvgIpc) is 3.37. The molecule has 140 valence electrons. The van der Waals surface area contributed by atoms with Gasteiger partial charge >= 0.3 is 0 Å². The molecule has 2 aromatic carbocycles. The van der Waals surface area contributed by atoms with Gasteiger partial charge in [0.15, 0.2) is 10.9 Å². The zero-order valence-electron chi connectivity index (χ0n) is 15.1. The first kappa shape index (κ1) is 16.9. The van der Waals surface area contributed by atoms with Gasteiger partial charge in [-0.2, -0.15) is 5.10 Å². The van der Waals surface area contributed by atoms with Crippen molar-refractivity contribution in [3.05, 3.63) is 48.0 Å². The van der Waals surface area contributed by atoms with Gasteiger partial charge < -0.3 is 5.32 Å². The second-order valence-electron chi connectivity index (χ2n) is 6.98. The predicted octanol–water partition coefficient (Wildman–Crippen LogP) is 3.47. The van der Waals surface area contributed by atoms with E-state index < -0.39 is 5.92 Å². The third-order valence-electron chi connectivity index (χ3n) is 4.98. The molecule has 0 unspecified atom stereocenters. The molecule has 1 saturated heterocycles. The van der Waals surface area contributed by atoms with Gasteiger partial charge in [-0.1, -0.05) is 29.5 Å². The summed E-state index contributed by atoms with van der Waals surface area (Å²) in [7, 11) is 0. The maximum Gasteiger partial charge on any atom is 0.231 e. The number of thiazole rings is 1. The number of H-pyrrole nitrogens is 1. The van der Waals surface area contributed by atoms with Crippen LogP contribution in [0.25, 0.3) is 21.1 Å². The Hall–Kier alpha value is -3.26. The van der Waals surface area contributed by atoms with Crippen molar-refractivity contribution >= 4 is 55.2 Å². The van der Waals surface area contributed by atoms with Crippen LogP contribution in [0.1, 0.15) is 12.0 Å². The van der Waals surface area contributed by atoms with E-state index in [9.17, 15) is 9.59 Å². The molecule has 4 aromatic rings. The van der Waals surface area contributed by atoms with E-state index >= 15 is 0 Å². The molecule has 0 aliphatic carbocycles. The number of hydrogen-bond donors (Lipinski definition) is 2. The normalized spacial score (nSPS) is 17.0. The van der Waals surface area contributed by atoms with Gasteiger partial charge in [-0.3, -0.25) is 19.6 Å². The average molecular weight is 391 g/mol. The number of aromatic nitrogens is 3. The monoisotopic (exact) mass is 391 g/mol. The Bertz CT molecular complexity index is 1230. The maximum absolute atomic E-state index is 12.7. The second-order valence-corrected chi connectivity index (χ2v) is 8.01. The van der Waals surface area contributed by atoms with Crippen molar-refractivity contribution in [1.82, 2.24) is 15.2 Å². The van der Waals surface area contributed by atoms with Crippen LogP contribution in [0, 0.1) is 12.8 Å². The Kier molecular flexibility index (Phi) is 3.87. The number of amides is 2. The Morgan fingerprint density at radius 2 is 2.14 bits per heavy atom. The maximum atomic E-state index is 12.7. The SMILES string of the molecule is Cc1ccc2nc(NC(=O)[C@H]3CC(=O)N(c4n[nH]c5ccccc45)C3)sc2c1. The molecule has 0 saturated carbocycles. The highest BCUT2D eigenvalue weighted by Crippen LogP contribution is 2.31. The molecule has 3 heterocycles. The lowest BCUT2D eigenvalue weighted by atomic mass is 10.1. The number of aryl methyl sites for hydroxylation is 1. The van der Waals surface area contributed by atoms with Crippen LogP contribution in [-0.2, 0) is 9.59 Å². The number of aromatic amines is 1. The first-order valence-corrected chi connectivity index (χ1v) is 9.81.